The molecule has 3 nitrogen and oxygen atoms in total. The van der Waals surface area contributed by atoms with Gasteiger partial charge in [-0.1, -0.05) is 0 Å². The topological polar surface area (TPSA) is 60.7 Å². The molecule has 0 rings (SSSR count). The molecule has 0 aliphatic carbocycles. The van der Waals surface area contributed by atoms with Crippen molar-refractivity contribution in [3.8, 4) is 0 Å². The van der Waals surface area contributed by atoms with Crippen LogP contribution in [0.1, 0.15) is 0 Å². The van der Waals surface area contributed by atoms with E-state index in [1.165, 1.54) is 0 Å². The van der Waals surface area contributed by atoms with Crippen molar-refractivity contribution in [1.29, 1.82) is 0 Å². The van der Waals surface area contributed by atoms with Crippen LogP contribution in [0, 0.1) is 39.9 Å². The van der Waals surface area contributed by atoms with E-state index < -0.39 is 7.32 Å². The van der Waals surface area contributed by atoms with E-state index in [9.17, 15) is 0 Å². The maximum Gasteiger partial charge on any atom is 0.631 e. The molecule has 0 saturated carbocycles. The molecule has 0 heterocycles. The molecule has 0 atom stereocenters. The number of rotatable bonds is 0. The van der Waals surface area contributed by atoms with Gasteiger partial charge in [0.2, 0.25) is 0 Å². The van der Waals surface area contributed by atoms with Gasteiger partial charge in [-0.25, -0.2) is 0 Å². The van der Waals surface area contributed by atoms with Gasteiger partial charge in [0.1, 0.15) is 0 Å². The molecule has 0 unspecified atom stereocenters. The van der Waals surface area contributed by atoms with Gasteiger partial charge in [0, 0.05) is 72.6 Å². The zero-order chi connectivity index (χ0) is 3.58. The van der Waals surface area contributed by atoms with Crippen LogP contribution in [0.3, 0.4) is 0 Å². The molecule has 3 N–H and O–H groups in total. The van der Waals surface area contributed by atoms with Crippen molar-refractivity contribution in [2.75, 3.05) is 0 Å². The summed E-state index contributed by atoms with van der Waals surface area (Å²) < 4.78 is 0. The largest absolute Gasteiger partial charge is 0.631 e. The van der Waals surface area contributed by atoms with Gasteiger partial charge in [0.15, 0.2) is 17.4 Å². The molecule has 7 heteroatoms. The zero-order valence-electron chi connectivity index (χ0n) is 2.85. The van der Waals surface area contributed by atoms with Crippen molar-refractivity contribution in [2.45, 2.75) is 0 Å². The van der Waals surface area contributed by atoms with Gasteiger partial charge >= 0.3 is 7.32 Å². The molecule has 41 valence electrons. The third-order valence-electron chi connectivity index (χ3n) is 0. The summed E-state index contributed by atoms with van der Waals surface area (Å²) in [6.45, 7) is 0. The molecular formula is H6AlBGdO3Y. The smallest absolute Gasteiger partial charge is 0.402 e. The van der Waals surface area contributed by atoms with E-state index in [1.54, 1.807) is 0 Å². The third-order valence-corrected chi connectivity index (χ3v) is 0. The first-order valence-electron chi connectivity index (χ1n) is 0.775. The van der Waals surface area contributed by atoms with Gasteiger partial charge in [0.25, 0.3) is 0 Å². The van der Waals surface area contributed by atoms with E-state index in [1.807, 2.05) is 0 Å². The van der Waals surface area contributed by atoms with Crippen LogP contribution in [0.2, 0.25) is 0 Å². The molecule has 0 aliphatic rings. The first-order valence-corrected chi connectivity index (χ1v) is 0.775. The molecule has 0 aromatic rings. The van der Waals surface area contributed by atoms with Crippen molar-refractivity contribution in [3.05, 3.63) is 0 Å². The molecule has 0 bridgehead atoms. The average Bonchev–Trinajstić information content (AvgIpc) is 0.811. The van der Waals surface area contributed by atoms with Gasteiger partial charge in [-0.05, 0) is 0 Å². The number of hydrogen-bond acceptors (Lipinski definition) is 3. The van der Waals surface area contributed by atoms with Crippen LogP contribution in [-0.4, -0.2) is 39.8 Å². The van der Waals surface area contributed by atoms with Crippen LogP contribution in [0.15, 0.2) is 0 Å². The molecule has 0 fully saturated rings. The zero-order valence-corrected chi connectivity index (χ0v) is 7.96. The standard InChI is InChI=1S/Al.BH3O3.Gd.Y.3H/c;2-1(3)4;;;;;/h;2-4H;;;;;. The molecule has 0 spiro atoms. The van der Waals surface area contributed by atoms with Crippen molar-refractivity contribution in [2.24, 2.45) is 0 Å². The predicted octanol–water partition coefficient (Wildman–Crippen LogP) is -3.24. The van der Waals surface area contributed by atoms with Crippen LogP contribution in [0.4, 0.5) is 0 Å². The van der Waals surface area contributed by atoms with Crippen LogP contribution < -0.4 is 0 Å². The Morgan fingerprint density at radius 1 is 1.00 bits per heavy atom. The summed E-state index contributed by atoms with van der Waals surface area (Å²) in [6, 6.07) is 0. The fourth-order valence-corrected chi connectivity index (χ4v) is 0. The Labute approximate surface area is 110 Å². The van der Waals surface area contributed by atoms with Gasteiger partial charge < -0.3 is 15.1 Å². The van der Waals surface area contributed by atoms with Gasteiger partial charge in [-0.2, -0.15) is 0 Å². The predicted molar refractivity (Wildman–Crippen MR) is 22.3 cm³/mol. The first kappa shape index (κ1) is 22.5. The Morgan fingerprint density at radius 2 is 1.00 bits per heavy atom. The van der Waals surface area contributed by atoms with Crippen LogP contribution in [-0.2, 0) is 32.7 Å². The third kappa shape index (κ3) is 50.3. The minimum Gasteiger partial charge on any atom is -0.402 e. The quantitative estimate of drug-likeness (QED) is 0.407. The molecular weight excluding hydrogens is 332 g/mol. The van der Waals surface area contributed by atoms with E-state index in [0.717, 1.165) is 0 Å². The summed E-state index contributed by atoms with van der Waals surface area (Å²) in [5.74, 6) is 0. The molecule has 0 aliphatic heterocycles. The monoisotopic (exact) mass is 339 g/mol. The summed E-state index contributed by atoms with van der Waals surface area (Å²) in [5.41, 5.74) is 0. The fourth-order valence-electron chi connectivity index (χ4n) is 0. The summed E-state index contributed by atoms with van der Waals surface area (Å²) in [5, 5.41) is 21.5. The maximum atomic E-state index is 7.17. The maximum absolute atomic E-state index is 7.17. The molecule has 0 aromatic heterocycles. The van der Waals surface area contributed by atoms with Crippen LogP contribution in [0.25, 0.3) is 0 Å². The van der Waals surface area contributed by atoms with Crippen molar-refractivity contribution < 1.29 is 87.7 Å². The van der Waals surface area contributed by atoms with Gasteiger partial charge in [0.05, 0.1) is 0 Å². The van der Waals surface area contributed by atoms with E-state index in [-0.39, 0.29) is 90.0 Å². The minimum absolute atomic E-state index is 0. The van der Waals surface area contributed by atoms with E-state index in [4.69, 9.17) is 15.1 Å². The van der Waals surface area contributed by atoms with Crippen molar-refractivity contribution >= 4 is 24.7 Å². The Morgan fingerprint density at radius 3 is 1.00 bits per heavy atom. The Balaban J connectivity index is -0.0000000150. The second-order valence-corrected chi connectivity index (χ2v) is 0.346. The normalized spacial score (nSPS) is 3.86. The molecule has 0 saturated heterocycles. The van der Waals surface area contributed by atoms with Crippen molar-refractivity contribution in [3.63, 3.8) is 0 Å². The Hall–Kier alpha value is 2.91. The van der Waals surface area contributed by atoms with E-state index >= 15 is 0 Å². The van der Waals surface area contributed by atoms with Gasteiger partial charge in [-0.15, -0.1) is 0 Å². The molecule has 0 amide bonds. The second-order valence-electron chi connectivity index (χ2n) is 0.346. The summed E-state index contributed by atoms with van der Waals surface area (Å²) in [6.07, 6.45) is 0. The van der Waals surface area contributed by atoms with Gasteiger partial charge in [-0.3, -0.25) is 0 Å². The Kier molecular flexibility index (Phi) is 51.4. The Bertz CT molecular complexity index is 19.7. The van der Waals surface area contributed by atoms with E-state index in [0.29, 0.717) is 0 Å². The van der Waals surface area contributed by atoms with E-state index in [2.05, 4.69) is 0 Å². The van der Waals surface area contributed by atoms with Crippen molar-refractivity contribution in [1.82, 2.24) is 0 Å². The molecule has 0 aromatic carbocycles. The molecule has 1 radical (unpaired) electrons. The first-order chi connectivity index (χ1) is 1.73. The SMILES string of the molecule is OB(O)O.[AlH3].[Gd].[Y]. The minimum atomic E-state index is -2.17. The fraction of sp³-hybridized carbons (Fsp3) is 0. The molecule has 7 heavy (non-hydrogen) atoms. The second kappa shape index (κ2) is 16.0. The number of hydrogen-bond donors (Lipinski definition) is 3. The summed E-state index contributed by atoms with van der Waals surface area (Å²) in [4.78, 5) is 0. The average molecular weight is 338 g/mol. The summed E-state index contributed by atoms with van der Waals surface area (Å²) >= 11 is 0. The van der Waals surface area contributed by atoms with Crippen LogP contribution >= 0.6 is 0 Å². The van der Waals surface area contributed by atoms with Crippen LogP contribution in [0.5, 0.6) is 0 Å². The summed E-state index contributed by atoms with van der Waals surface area (Å²) in [7, 11) is -2.17.